The molecule has 104 valence electrons. The Labute approximate surface area is 121 Å². The fourth-order valence-electron chi connectivity index (χ4n) is 2.90. The lowest BCUT2D eigenvalue weighted by Crippen LogP contribution is -2.27. The Kier molecular flexibility index (Phi) is 2.70. The molecule has 2 aromatic heterocycles. The number of anilines is 1. The number of hydrogen-bond acceptors (Lipinski definition) is 3. The van der Waals surface area contributed by atoms with Gasteiger partial charge in [0.15, 0.2) is 0 Å². The Morgan fingerprint density at radius 3 is 3.00 bits per heavy atom. The van der Waals surface area contributed by atoms with Crippen molar-refractivity contribution < 1.29 is 4.79 Å². The lowest BCUT2D eigenvalue weighted by Gasteiger charge is -2.15. The van der Waals surface area contributed by atoms with Gasteiger partial charge in [0, 0.05) is 12.7 Å². The molecule has 3 heterocycles. The van der Waals surface area contributed by atoms with E-state index >= 15 is 0 Å². The number of nitrogens with one attached hydrogen (secondary N) is 1. The first kappa shape index (κ1) is 12.1. The second kappa shape index (κ2) is 4.70. The fraction of sp³-hybridized carbons (Fsp3) is 0.188. The number of imidazole rings is 1. The third-order valence-electron chi connectivity index (χ3n) is 3.98. The molecule has 4 rings (SSSR count). The van der Waals surface area contributed by atoms with Crippen molar-refractivity contribution in [2.45, 2.75) is 12.3 Å². The maximum absolute atomic E-state index is 12.6. The molecule has 5 heteroatoms. The molecule has 0 saturated carbocycles. The van der Waals surface area contributed by atoms with Gasteiger partial charge in [0.25, 0.3) is 0 Å². The highest BCUT2D eigenvalue weighted by molar-refractivity contribution is 6.00. The summed E-state index contributed by atoms with van der Waals surface area (Å²) in [5, 5.41) is 0. The molecule has 0 radical (unpaired) electrons. The molecular weight excluding hydrogens is 264 g/mol. The van der Waals surface area contributed by atoms with Crippen LogP contribution in [0.2, 0.25) is 0 Å². The van der Waals surface area contributed by atoms with Gasteiger partial charge in [-0.3, -0.25) is 9.69 Å². The van der Waals surface area contributed by atoms with Crippen LogP contribution in [0.15, 0.2) is 48.9 Å². The van der Waals surface area contributed by atoms with Gasteiger partial charge in [0.2, 0.25) is 5.91 Å². The minimum atomic E-state index is -0.0975. The number of fused-ring (bicyclic) bond motifs is 1. The van der Waals surface area contributed by atoms with Crippen LogP contribution in [0.1, 0.15) is 17.9 Å². The second-order valence-corrected chi connectivity index (χ2v) is 5.20. The molecule has 1 amide bonds. The summed E-state index contributed by atoms with van der Waals surface area (Å²) in [6.45, 7) is 0.710. The minimum absolute atomic E-state index is 0.0975. The Morgan fingerprint density at radius 1 is 1.19 bits per heavy atom. The Hall–Kier alpha value is -2.69. The molecule has 1 atom stereocenters. The first-order valence-electron chi connectivity index (χ1n) is 6.98. The van der Waals surface area contributed by atoms with Gasteiger partial charge in [-0.25, -0.2) is 9.97 Å². The molecule has 1 aliphatic rings. The largest absolute Gasteiger partial charge is 0.345 e. The third kappa shape index (κ3) is 1.98. The molecule has 1 aromatic carbocycles. The molecule has 1 N–H and O–H groups in total. The van der Waals surface area contributed by atoms with E-state index in [1.54, 1.807) is 17.4 Å². The molecule has 21 heavy (non-hydrogen) atoms. The van der Waals surface area contributed by atoms with E-state index in [-0.39, 0.29) is 11.8 Å². The van der Waals surface area contributed by atoms with Crippen molar-refractivity contribution in [2.24, 2.45) is 0 Å². The van der Waals surface area contributed by atoms with Crippen molar-refractivity contribution in [3.05, 3.63) is 54.5 Å². The number of pyridine rings is 1. The zero-order valence-electron chi connectivity index (χ0n) is 11.4. The molecule has 1 saturated heterocycles. The number of aromatic nitrogens is 3. The number of carbonyl (C=O) groups excluding carboxylic acids is 1. The van der Waals surface area contributed by atoms with Crippen LogP contribution in [0, 0.1) is 0 Å². The van der Waals surface area contributed by atoms with E-state index < -0.39 is 0 Å². The van der Waals surface area contributed by atoms with Crippen LogP contribution < -0.4 is 4.90 Å². The zero-order valence-corrected chi connectivity index (χ0v) is 11.4. The van der Waals surface area contributed by atoms with E-state index in [9.17, 15) is 4.79 Å². The van der Waals surface area contributed by atoms with Crippen LogP contribution in [0.3, 0.4) is 0 Å². The first-order chi connectivity index (χ1) is 10.3. The molecule has 1 fully saturated rings. The van der Waals surface area contributed by atoms with E-state index in [1.807, 2.05) is 36.4 Å². The van der Waals surface area contributed by atoms with Crippen molar-refractivity contribution in [3.8, 4) is 0 Å². The first-order valence-corrected chi connectivity index (χ1v) is 6.98. The summed E-state index contributed by atoms with van der Waals surface area (Å²) >= 11 is 0. The lowest BCUT2D eigenvalue weighted by atomic mass is 9.97. The van der Waals surface area contributed by atoms with Crippen molar-refractivity contribution in [3.63, 3.8) is 0 Å². The smallest absolute Gasteiger partial charge is 0.235 e. The van der Waals surface area contributed by atoms with Gasteiger partial charge in [-0.05, 0) is 36.2 Å². The highest BCUT2D eigenvalue weighted by Crippen LogP contribution is 2.32. The van der Waals surface area contributed by atoms with Gasteiger partial charge in [0.05, 0.1) is 23.3 Å². The van der Waals surface area contributed by atoms with Crippen LogP contribution >= 0.6 is 0 Å². The quantitative estimate of drug-likeness (QED) is 0.783. The van der Waals surface area contributed by atoms with E-state index in [2.05, 4.69) is 15.0 Å². The summed E-state index contributed by atoms with van der Waals surface area (Å²) in [6.07, 6.45) is 4.20. The average Bonchev–Trinajstić information content (AvgIpc) is 3.13. The van der Waals surface area contributed by atoms with E-state index in [4.69, 9.17) is 0 Å². The maximum atomic E-state index is 12.6. The molecule has 5 nitrogen and oxygen atoms in total. The van der Waals surface area contributed by atoms with Crippen molar-refractivity contribution >= 4 is 22.8 Å². The number of amides is 1. The topological polar surface area (TPSA) is 61.9 Å². The summed E-state index contributed by atoms with van der Waals surface area (Å²) in [6, 6.07) is 11.6. The van der Waals surface area contributed by atoms with Crippen LogP contribution in [0.5, 0.6) is 0 Å². The fourth-order valence-corrected chi connectivity index (χ4v) is 2.90. The Bertz CT molecular complexity index is 796. The molecule has 0 spiro atoms. The summed E-state index contributed by atoms with van der Waals surface area (Å²) in [5.41, 5.74) is 2.93. The Balaban J connectivity index is 1.66. The monoisotopic (exact) mass is 278 g/mol. The third-order valence-corrected chi connectivity index (χ3v) is 3.98. The van der Waals surface area contributed by atoms with E-state index in [0.717, 1.165) is 28.8 Å². The minimum Gasteiger partial charge on any atom is -0.345 e. The van der Waals surface area contributed by atoms with Gasteiger partial charge in [-0.2, -0.15) is 0 Å². The number of hydrogen-bond donors (Lipinski definition) is 1. The summed E-state index contributed by atoms with van der Waals surface area (Å²) < 4.78 is 0. The number of aromatic amines is 1. The number of H-pyrrole nitrogens is 1. The summed E-state index contributed by atoms with van der Waals surface area (Å²) in [4.78, 5) is 26.0. The van der Waals surface area contributed by atoms with Crippen LogP contribution in [-0.4, -0.2) is 27.4 Å². The molecular formula is C16H14N4O. The molecule has 0 bridgehead atoms. The number of nitrogens with zero attached hydrogens (tertiary/aromatic N) is 3. The van der Waals surface area contributed by atoms with Crippen LogP contribution in [0.25, 0.3) is 11.0 Å². The van der Waals surface area contributed by atoms with Crippen molar-refractivity contribution in [1.82, 2.24) is 15.0 Å². The highest BCUT2D eigenvalue weighted by Gasteiger charge is 2.34. The van der Waals surface area contributed by atoms with Gasteiger partial charge in [-0.1, -0.05) is 12.1 Å². The van der Waals surface area contributed by atoms with Crippen LogP contribution in [-0.2, 0) is 4.79 Å². The number of carbonyl (C=O) groups is 1. The molecule has 3 aromatic rings. The van der Waals surface area contributed by atoms with Gasteiger partial charge in [-0.15, -0.1) is 0 Å². The SMILES string of the molecule is O=C1C(c2ccc3nc[nH]c3c2)CCN1c1ccccn1. The molecule has 1 aliphatic heterocycles. The van der Waals surface area contributed by atoms with Crippen LogP contribution in [0.4, 0.5) is 5.82 Å². The lowest BCUT2D eigenvalue weighted by molar-refractivity contribution is -0.118. The highest BCUT2D eigenvalue weighted by atomic mass is 16.2. The second-order valence-electron chi connectivity index (χ2n) is 5.20. The van der Waals surface area contributed by atoms with E-state index in [1.165, 1.54) is 0 Å². The number of benzene rings is 1. The normalized spacial score (nSPS) is 18.6. The van der Waals surface area contributed by atoms with Gasteiger partial charge >= 0.3 is 0 Å². The zero-order chi connectivity index (χ0) is 14.2. The van der Waals surface area contributed by atoms with Crippen molar-refractivity contribution in [1.29, 1.82) is 0 Å². The molecule has 0 aliphatic carbocycles. The molecule has 1 unspecified atom stereocenters. The van der Waals surface area contributed by atoms with Crippen molar-refractivity contribution in [2.75, 3.05) is 11.4 Å². The van der Waals surface area contributed by atoms with Gasteiger partial charge in [0.1, 0.15) is 5.82 Å². The summed E-state index contributed by atoms with van der Waals surface area (Å²) in [7, 11) is 0. The standard InChI is InChI=1S/C16H14N4O/c21-16-12(6-8-20(16)15-3-1-2-7-17-15)11-4-5-13-14(9-11)19-10-18-13/h1-5,7,9-10,12H,6,8H2,(H,18,19). The maximum Gasteiger partial charge on any atom is 0.235 e. The average molecular weight is 278 g/mol. The Morgan fingerprint density at radius 2 is 2.14 bits per heavy atom. The van der Waals surface area contributed by atoms with Gasteiger partial charge < -0.3 is 4.98 Å². The van der Waals surface area contributed by atoms with E-state index in [0.29, 0.717) is 6.54 Å². The predicted molar refractivity (Wildman–Crippen MR) is 80.0 cm³/mol. The summed E-state index contributed by atoms with van der Waals surface area (Å²) in [5.74, 6) is 0.750. The number of rotatable bonds is 2. The predicted octanol–water partition coefficient (Wildman–Crippen LogP) is 2.48.